The number of hydrogen-bond acceptors (Lipinski definition) is 3. The molecule has 3 nitrogen and oxygen atoms in total. The fraction of sp³-hybridized carbons (Fsp3) is 0.909. The second kappa shape index (κ2) is 3.88. The minimum atomic E-state index is 0.166. The first-order chi connectivity index (χ1) is 6.74. The van der Waals surface area contributed by atoms with E-state index in [0.717, 1.165) is 39.0 Å². The van der Waals surface area contributed by atoms with Gasteiger partial charge in [0, 0.05) is 5.41 Å². The van der Waals surface area contributed by atoms with Crippen LogP contribution >= 0.6 is 0 Å². The lowest BCUT2D eigenvalue weighted by molar-refractivity contribution is 0.00739. The minimum Gasteiger partial charge on any atom is -0.378 e. The van der Waals surface area contributed by atoms with E-state index >= 15 is 0 Å². The Hall–Kier alpha value is -0.590. The van der Waals surface area contributed by atoms with E-state index in [0.29, 0.717) is 6.10 Å². The van der Waals surface area contributed by atoms with E-state index in [1.807, 2.05) is 0 Å². The average molecular weight is 194 g/mol. The van der Waals surface area contributed by atoms with Gasteiger partial charge in [-0.15, -0.1) is 0 Å². The van der Waals surface area contributed by atoms with Crippen LogP contribution < -0.4 is 5.32 Å². The highest BCUT2D eigenvalue weighted by Crippen LogP contribution is 2.51. The molecule has 1 unspecified atom stereocenters. The molecule has 1 aliphatic heterocycles. The Morgan fingerprint density at radius 3 is 2.79 bits per heavy atom. The van der Waals surface area contributed by atoms with Crippen LogP contribution in [0.4, 0.5) is 0 Å². The van der Waals surface area contributed by atoms with Gasteiger partial charge in [-0.1, -0.05) is 6.92 Å². The van der Waals surface area contributed by atoms with E-state index in [4.69, 9.17) is 10.00 Å². The van der Waals surface area contributed by atoms with Gasteiger partial charge in [0.25, 0.3) is 0 Å². The van der Waals surface area contributed by atoms with E-state index in [1.54, 1.807) is 0 Å². The van der Waals surface area contributed by atoms with Gasteiger partial charge < -0.3 is 10.1 Å². The Morgan fingerprint density at radius 1 is 1.50 bits per heavy atom. The van der Waals surface area contributed by atoms with Gasteiger partial charge in [-0.25, -0.2) is 0 Å². The molecule has 0 spiro atoms. The van der Waals surface area contributed by atoms with Gasteiger partial charge in [-0.05, 0) is 32.4 Å². The van der Waals surface area contributed by atoms with Crippen molar-refractivity contribution in [2.24, 2.45) is 11.3 Å². The molecule has 2 rings (SSSR count). The van der Waals surface area contributed by atoms with Gasteiger partial charge in [0.2, 0.25) is 0 Å². The van der Waals surface area contributed by atoms with Gasteiger partial charge >= 0.3 is 0 Å². The Kier molecular flexibility index (Phi) is 2.76. The number of nitrogens with one attached hydrogen (secondary N) is 1. The van der Waals surface area contributed by atoms with Crippen molar-refractivity contribution in [2.75, 3.05) is 19.7 Å². The smallest absolute Gasteiger partial charge is 0.0662 e. The standard InChI is InChI=1S/C11H18N2O/c1-11(6-9(11)7-12)8-14-10-2-4-13-5-3-10/h9-10,13H,2-6,8H2,1H3/t9-,11?/m0/s1. The summed E-state index contributed by atoms with van der Waals surface area (Å²) in [6, 6.07) is 2.32. The molecule has 1 saturated carbocycles. The lowest BCUT2D eigenvalue weighted by Crippen LogP contribution is -2.33. The van der Waals surface area contributed by atoms with Crippen molar-refractivity contribution in [1.82, 2.24) is 5.32 Å². The van der Waals surface area contributed by atoms with Gasteiger partial charge in [-0.2, -0.15) is 5.26 Å². The van der Waals surface area contributed by atoms with E-state index in [-0.39, 0.29) is 11.3 Å². The van der Waals surface area contributed by atoms with Crippen molar-refractivity contribution < 1.29 is 4.74 Å². The molecular formula is C11H18N2O. The molecule has 1 saturated heterocycles. The van der Waals surface area contributed by atoms with Gasteiger partial charge in [0.1, 0.15) is 0 Å². The average Bonchev–Trinajstić information content (AvgIpc) is 2.89. The third kappa shape index (κ3) is 2.08. The number of rotatable bonds is 3. The highest BCUT2D eigenvalue weighted by Gasteiger charge is 2.50. The summed E-state index contributed by atoms with van der Waals surface area (Å²) >= 11 is 0. The van der Waals surface area contributed by atoms with Crippen molar-refractivity contribution >= 4 is 0 Å². The molecule has 1 heterocycles. The third-order valence-electron chi connectivity index (χ3n) is 3.44. The second-order valence-corrected chi connectivity index (χ2v) is 4.80. The molecule has 1 N–H and O–H groups in total. The molecule has 2 atom stereocenters. The molecule has 0 aromatic heterocycles. The van der Waals surface area contributed by atoms with E-state index in [2.05, 4.69) is 18.3 Å². The monoisotopic (exact) mass is 194 g/mol. The molecule has 0 aromatic rings. The maximum Gasteiger partial charge on any atom is 0.0662 e. The molecule has 3 heteroatoms. The van der Waals surface area contributed by atoms with Crippen molar-refractivity contribution in [2.45, 2.75) is 32.3 Å². The van der Waals surface area contributed by atoms with Crippen molar-refractivity contribution in [3.8, 4) is 6.07 Å². The predicted molar refractivity (Wildman–Crippen MR) is 53.7 cm³/mol. The third-order valence-corrected chi connectivity index (χ3v) is 3.44. The molecule has 0 bridgehead atoms. The number of ether oxygens (including phenoxy) is 1. The summed E-state index contributed by atoms with van der Waals surface area (Å²) in [4.78, 5) is 0. The zero-order valence-corrected chi connectivity index (χ0v) is 8.75. The van der Waals surface area contributed by atoms with Crippen molar-refractivity contribution in [1.29, 1.82) is 5.26 Å². The summed E-state index contributed by atoms with van der Waals surface area (Å²) in [6.07, 6.45) is 3.68. The normalized spacial score (nSPS) is 37.9. The van der Waals surface area contributed by atoms with Crippen LogP contribution in [-0.4, -0.2) is 25.8 Å². The van der Waals surface area contributed by atoms with Gasteiger partial charge in [0.05, 0.1) is 24.7 Å². The Morgan fingerprint density at radius 2 is 2.21 bits per heavy atom. The van der Waals surface area contributed by atoms with Gasteiger partial charge in [0.15, 0.2) is 0 Å². The maximum absolute atomic E-state index is 8.76. The van der Waals surface area contributed by atoms with E-state index < -0.39 is 0 Å². The highest BCUT2D eigenvalue weighted by atomic mass is 16.5. The Bertz CT molecular complexity index is 242. The van der Waals surface area contributed by atoms with Crippen LogP contribution in [0.25, 0.3) is 0 Å². The molecule has 1 aliphatic carbocycles. The largest absolute Gasteiger partial charge is 0.378 e. The minimum absolute atomic E-state index is 0.166. The van der Waals surface area contributed by atoms with E-state index in [1.165, 1.54) is 0 Å². The quantitative estimate of drug-likeness (QED) is 0.736. The molecule has 2 aliphatic rings. The molecule has 78 valence electrons. The predicted octanol–water partition coefficient (Wildman–Crippen LogP) is 1.30. The molecule has 0 aromatic carbocycles. The Labute approximate surface area is 85.4 Å². The van der Waals surface area contributed by atoms with Crippen molar-refractivity contribution in [3.05, 3.63) is 0 Å². The lowest BCUT2D eigenvalue weighted by Gasteiger charge is -2.24. The zero-order chi connectivity index (χ0) is 10.0. The topological polar surface area (TPSA) is 45.0 Å². The summed E-state index contributed by atoms with van der Waals surface area (Å²) in [5, 5.41) is 12.1. The zero-order valence-electron chi connectivity index (χ0n) is 8.75. The molecule has 0 amide bonds. The van der Waals surface area contributed by atoms with Crippen molar-refractivity contribution in [3.63, 3.8) is 0 Å². The van der Waals surface area contributed by atoms with Crippen LogP contribution in [-0.2, 0) is 4.74 Å². The van der Waals surface area contributed by atoms with Crippen LogP contribution in [0.3, 0.4) is 0 Å². The first-order valence-electron chi connectivity index (χ1n) is 5.46. The SMILES string of the molecule is CC1(COC2CCNCC2)C[C@H]1C#N. The summed E-state index contributed by atoms with van der Waals surface area (Å²) < 4.78 is 5.85. The fourth-order valence-corrected chi connectivity index (χ4v) is 2.04. The van der Waals surface area contributed by atoms with Crippen LogP contribution in [0.1, 0.15) is 26.2 Å². The maximum atomic E-state index is 8.76. The number of piperidine rings is 1. The molecule has 14 heavy (non-hydrogen) atoms. The van der Waals surface area contributed by atoms with E-state index in [9.17, 15) is 0 Å². The summed E-state index contributed by atoms with van der Waals surface area (Å²) in [6.45, 7) is 5.07. The fourth-order valence-electron chi connectivity index (χ4n) is 2.04. The molecule has 0 radical (unpaired) electrons. The summed E-state index contributed by atoms with van der Waals surface area (Å²) in [7, 11) is 0. The Balaban J connectivity index is 1.70. The van der Waals surface area contributed by atoms with Crippen LogP contribution in [0.15, 0.2) is 0 Å². The highest BCUT2D eigenvalue weighted by molar-refractivity contribution is 5.10. The van der Waals surface area contributed by atoms with Gasteiger partial charge in [-0.3, -0.25) is 0 Å². The van der Waals surface area contributed by atoms with Crippen LogP contribution in [0.5, 0.6) is 0 Å². The summed E-state index contributed by atoms with van der Waals surface area (Å²) in [5.74, 6) is 0.240. The molecule has 2 fully saturated rings. The summed E-state index contributed by atoms with van der Waals surface area (Å²) in [5.41, 5.74) is 0.166. The van der Waals surface area contributed by atoms with Crippen LogP contribution in [0, 0.1) is 22.7 Å². The number of hydrogen-bond donors (Lipinski definition) is 1. The second-order valence-electron chi connectivity index (χ2n) is 4.80. The first-order valence-corrected chi connectivity index (χ1v) is 5.46. The first kappa shape index (κ1) is 9.95. The molecular weight excluding hydrogens is 176 g/mol. The van der Waals surface area contributed by atoms with Crippen LogP contribution in [0.2, 0.25) is 0 Å². The lowest BCUT2D eigenvalue weighted by atomic mass is 10.1. The number of nitrogens with zero attached hydrogens (tertiary/aromatic N) is 1. The number of nitriles is 1.